The van der Waals surface area contributed by atoms with Crippen LogP contribution in [0.4, 0.5) is 17.5 Å². The predicted molar refractivity (Wildman–Crippen MR) is 129 cm³/mol. The zero-order valence-corrected chi connectivity index (χ0v) is 20.1. The van der Waals surface area contributed by atoms with Gasteiger partial charge in [0.2, 0.25) is 11.9 Å². The molecule has 0 saturated carbocycles. The van der Waals surface area contributed by atoms with Gasteiger partial charge in [-0.1, -0.05) is 0 Å². The van der Waals surface area contributed by atoms with Crippen LogP contribution >= 0.6 is 15.9 Å². The highest BCUT2D eigenvalue weighted by atomic mass is 79.9. The van der Waals surface area contributed by atoms with Gasteiger partial charge in [-0.05, 0) is 75.0 Å². The van der Waals surface area contributed by atoms with Crippen LogP contribution in [0.2, 0.25) is 0 Å². The number of nitrogens with zero attached hydrogens (tertiary/aromatic N) is 6. The van der Waals surface area contributed by atoms with E-state index in [2.05, 4.69) is 53.6 Å². The molecule has 10 heteroatoms. The Bertz CT molecular complexity index is 1020. The van der Waals surface area contributed by atoms with Gasteiger partial charge in [-0.15, -0.1) is 0 Å². The van der Waals surface area contributed by atoms with E-state index in [-0.39, 0.29) is 23.6 Å². The number of anilines is 3. The van der Waals surface area contributed by atoms with Crippen LogP contribution in [0.15, 0.2) is 16.9 Å². The first-order valence-corrected chi connectivity index (χ1v) is 12.1. The van der Waals surface area contributed by atoms with Crippen molar-refractivity contribution in [3.05, 3.63) is 22.6 Å². The van der Waals surface area contributed by atoms with Crippen LogP contribution in [0.25, 0.3) is 0 Å². The third-order valence-electron chi connectivity index (χ3n) is 6.10. The van der Waals surface area contributed by atoms with Gasteiger partial charge in [-0.25, -0.2) is 4.98 Å². The minimum Gasteiger partial charge on any atom is -0.369 e. The number of hydrogen-bond acceptors (Lipinski definition) is 7. The Hall–Kier alpha value is -2.20. The van der Waals surface area contributed by atoms with Crippen molar-refractivity contribution in [1.82, 2.24) is 29.5 Å². The molecule has 0 aliphatic carbocycles. The molecule has 2 aromatic rings. The van der Waals surface area contributed by atoms with Gasteiger partial charge < -0.3 is 20.4 Å². The minimum atomic E-state index is -2.36. The average molecular weight is 508 g/mol. The molecule has 32 heavy (non-hydrogen) atoms. The number of aryl methyl sites for hydroxylation is 1. The van der Waals surface area contributed by atoms with E-state index in [4.69, 9.17) is 4.11 Å². The standard InChI is InChI=1S/C22H33BrN8O/c1-16-19(15-31(28-16)17-7-12-29(2)13-8-17)26-22-25-14-18(23)21(27-22)24-9-5-11-30-10-4-3-6-20(30)32/h14-15,17H,3-13H2,1-2H3,(H2,24,25,26,27)/i1D3. The lowest BCUT2D eigenvalue weighted by atomic mass is 10.1. The van der Waals surface area contributed by atoms with Gasteiger partial charge in [-0.2, -0.15) is 10.1 Å². The van der Waals surface area contributed by atoms with Gasteiger partial charge in [0, 0.05) is 42.6 Å². The Labute approximate surface area is 202 Å². The number of nitrogens with one attached hydrogen (secondary N) is 2. The van der Waals surface area contributed by atoms with E-state index in [1.165, 1.54) is 0 Å². The molecule has 2 aliphatic rings. The highest BCUT2D eigenvalue weighted by Gasteiger charge is 2.20. The summed E-state index contributed by atoms with van der Waals surface area (Å²) in [5, 5.41) is 10.8. The summed E-state index contributed by atoms with van der Waals surface area (Å²) in [4.78, 5) is 25.0. The maximum Gasteiger partial charge on any atom is 0.229 e. The second-order valence-corrected chi connectivity index (χ2v) is 9.39. The van der Waals surface area contributed by atoms with Crippen LogP contribution in [0.5, 0.6) is 0 Å². The number of carbonyl (C=O) groups is 1. The van der Waals surface area contributed by atoms with Gasteiger partial charge in [0.05, 0.1) is 21.9 Å². The Balaban J connectivity index is 1.42. The molecule has 0 atom stereocenters. The second-order valence-electron chi connectivity index (χ2n) is 8.54. The van der Waals surface area contributed by atoms with Crippen molar-refractivity contribution in [2.45, 2.75) is 51.4 Å². The summed E-state index contributed by atoms with van der Waals surface area (Å²) in [5.74, 6) is 1.12. The lowest BCUT2D eigenvalue weighted by Gasteiger charge is -2.28. The second kappa shape index (κ2) is 10.6. The van der Waals surface area contributed by atoms with E-state index in [0.717, 1.165) is 58.3 Å². The molecule has 2 saturated heterocycles. The van der Waals surface area contributed by atoms with E-state index in [1.54, 1.807) is 17.1 Å². The molecular weight excluding hydrogens is 472 g/mol. The van der Waals surface area contributed by atoms with Crippen LogP contribution in [-0.2, 0) is 4.79 Å². The number of halogens is 1. The number of aromatic nitrogens is 4. The normalized spacial score (nSPS) is 20.0. The summed E-state index contributed by atoms with van der Waals surface area (Å²) in [5.41, 5.74) is 0.407. The first-order chi connectivity index (χ1) is 16.7. The van der Waals surface area contributed by atoms with E-state index in [1.807, 2.05) is 4.90 Å². The highest BCUT2D eigenvalue weighted by Crippen LogP contribution is 2.26. The summed E-state index contributed by atoms with van der Waals surface area (Å²) in [6, 6.07) is 0.165. The number of amides is 1. The van der Waals surface area contributed by atoms with Crippen LogP contribution in [-0.4, -0.2) is 75.2 Å². The van der Waals surface area contributed by atoms with Crippen molar-refractivity contribution in [3.8, 4) is 0 Å². The lowest BCUT2D eigenvalue weighted by Crippen LogP contribution is -2.36. The molecular formula is C22H33BrN8O. The quantitative estimate of drug-likeness (QED) is 0.527. The van der Waals surface area contributed by atoms with Gasteiger partial charge in [0.25, 0.3) is 0 Å². The molecule has 0 spiro atoms. The Morgan fingerprint density at radius 3 is 2.91 bits per heavy atom. The molecule has 2 aliphatic heterocycles. The van der Waals surface area contributed by atoms with Gasteiger partial charge in [0.15, 0.2) is 0 Å². The largest absolute Gasteiger partial charge is 0.369 e. The van der Waals surface area contributed by atoms with Crippen molar-refractivity contribution in [3.63, 3.8) is 0 Å². The summed E-state index contributed by atoms with van der Waals surface area (Å²) >= 11 is 3.47. The van der Waals surface area contributed by atoms with E-state index in [9.17, 15) is 4.79 Å². The fourth-order valence-corrected chi connectivity index (χ4v) is 4.51. The predicted octanol–water partition coefficient (Wildman–Crippen LogP) is 3.57. The van der Waals surface area contributed by atoms with Crippen molar-refractivity contribution in [2.75, 3.05) is 50.4 Å². The van der Waals surface area contributed by atoms with Crippen molar-refractivity contribution in [1.29, 1.82) is 0 Å². The maximum atomic E-state index is 12.0. The fourth-order valence-electron chi connectivity index (χ4n) is 4.18. The molecule has 174 valence electrons. The summed E-state index contributed by atoms with van der Waals surface area (Å²) in [6.07, 6.45) is 8.72. The van der Waals surface area contributed by atoms with Crippen LogP contribution in [0.3, 0.4) is 0 Å². The summed E-state index contributed by atoms with van der Waals surface area (Å²) in [6.45, 7) is 1.74. The molecule has 1 amide bonds. The number of rotatable bonds is 8. The van der Waals surface area contributed by atoms with Gasteiger partial charge in [0.1, 0.15) is 5.82 Å². The maximum absolute atomic E-state index is 12.0. The molecule has 0 unspecified atom stereocenters. The molecule has 0 aromatic carbocycles. The molecule has 0 radical (unpaired) electrons. The monoisotopic (exact) mass is 507 g/mol. The molecule has 4 rings (SSSR count). The van der Waals surface area contributed by atoms with Crippen molar-refractivity contribution in [2.24, 2.45) is 0 Å². The third kappa shape index (κ3) is 5.78. The minimum absolute atomic E-state index is 0.0173. The first-order valence-electron chi connectivity index (χ1n) is 12.8. The van der Waals surface area contributed by atoms with Crippen LogP contribution in [0, 0.1) is 6.85 Å². The Kier molecular flexibility index (Phi) is 6.39. The Morgan fingerprint density at radius 1 is 1.28 bits per heavy atom. The lowest BCUT2D eigenvalue weighted by molar-refractivity contribution is -0.133. The average Bonchev–Trinajstić information content (AvgIpc) is 3.24. The summed E-state index contributed by atoms with van der Waals surface area (Å²) < 4.78 is 26.3. The third-order valence-corrected chi connectivity index (χ3v) is 6.68. The van der Waals surface area contributed by atoms with E-state index < -0.39 is 6.85 Å². The Morgan fingerprint density at radius 2 is 2.12 bits per heavy atom. The zero-order valence-electron chi connectivity index (χ0n) is 21.5. The summed E-state index contributed by atoms with van der Waals surface area (Å²) in [7, 11) is 2.09. The van der Waals surface area contributed by atoms with Gasteiger partial charge in [-0.3, -0.25) is 9.48 Å². The first kappa shape index (κ1) is 19.3. The van der Waals surface area contributed by atoms with Crippen LogP contribution in [0.1, 0.15) is 54.4 Å². The van der Waals surface area contributed by atoms with Gasteiger partial charge >= 0.3 is 0 Å². The van der Waals surface area contributed by atoms with Crippen molar-refractivity contribution < 1.29 is 8.91 Å². The topological polar surface area (TPSA) is 91.2 Å². The number of likely N-dealkylation sites (tertiary alicyclic amines) is 2. The number of hydrogen-bond donors (Lipinski definition) is 2. The van der Waals surface area contributed by atoms with Crippen molar-refractivity contribution >= 4 is 39.3 Å². The van der Waals surface area contributed by atoms with E-state index in [0.29, 0.717) is 28.9 Å². The molecule has 0 bridgehead atoms. The smallest absolute Gasteiger partial charge is 0.229 e. The fraction of sp³-hybridized carbons (Fsp3) is 0.636. The molecule has 2 fully saturated rings. The zero-order chi connectivity index (χ0) is 25.0. The van der Waals surface area contributed by atoms with Crippen LogP contribution < -0.4 is 10.6 Å². The number of carbonyl (C=O) groups excluding carboxylic acids is 1. The SMILES string of the molecule is [2H]C([2H])([2H])c1nn(C2CCN(C)CC2)cc1Nc1ncc(Br)c(NCCCN2CCCCC2=O)n1. The molecule has 2 aromatic heterocycles. The van der Waals surface area contributed by atoms with E-state index >= 15 is 0 Å². The molecule has 9 nitrogen and oxygen atoms in total. The highest BCUT2D eigenvalue weighted by molar-refractivity contribution is 9.10. The number of piperidine rings is 2. The molecule has 2 N–H and O–H groups in total. The molecule has 4 heterocycles.